The highest BCUT2D eigenvalue weighted by Gasteiger charge is 2.29. The summed E-state index contributed by atoms with van der Waals surface area (Å²) in [6.45, 7) is 0.702. The topological polar surface area (TPSA) is 100 Å². The molecule has 0 aliphatic carbocycles. The molecule has 1 aromatic carbocycles. The fraction of sp³-hybridized carbons (Fsp3) is 0.259. The minimum atomic E-state index is -0.656. The fourth-order valence-corrected chi connectivity index (χ4v) is 4.21. The van der Waals surface area contributed by atoms with Gasteiger partial charge in [-0.05, 0) is 17.7 Å². The number of carbonyl (C=O) groups excluding carboxylic acids is 1. The maximum Gasteiger partial charge on any atom is 0.255 e. The molecule has 0 spiro atoms. The van der Waals surface area contributed by atoms with Crippen molar-refractivity contribution in [3.05, 3.63) is 111 Å². The van der Waals surface area contributed by atoms with Gasteiger partial charge in [0, 0.05) is 36.3 Å². The summed E-state index contributed by atoms with van der Waals surface area (Å²) in [6.07, 6.45) is 3.96. The highest BCUT2D eigenvalue weighted by atomic mass is 19.1. The van der Waals surface area contributed by atoms with Gasteiger partial charge >= 0.3 is 0 Å². The van der Waals surface area contributed by atoms with Crippen molar-refractivity contribution in [1.29, 1.82) is 0 Å². The summed E-state index contributed by atoms with van der Waals surface area (Å²) in [5.74, 6) is -2.33. The van der Waals surface area contributed by atoms with Gasteiger partial charge in [-0.3, -0.25) is 19.3 Å². The second kappa shape index (κ2) is 11.1. The lowest BCUT2D eigenvalue weighted by Gasteiger charge is -2.25. The number of halogens is 3. The van der Waals surface area contributed by atoms with Crippen LogP contribution in [0.2, 0.25) is 0 Å². The maximum atomic E-state index is 14.9. The van der Waals surface area contributed by atoms with E-state index < -0.39 is 28.9 Å². The molecule has 12 heteroatoms. The van der Waals surface area contributed by atoms with Crippen LogP contribution in [-0.4, -0.2) is 45.6 Å². The summed E-state index contributed by atoms with van der Waals surface area (Å²) in [4.78, 5) is 28.9. The number of carbonyl (C=O) groups is 1. The molecule has 0 bridgehead atoms. The molecule has 1 aliphatic rings. The molecule has 5 rings (SSSR count). The molecule has 39 heavy (non-hydrogen) atoms. The normalized spacial score (nSPS) is 13.2. The summed E-state index contributed by atoms with van der Waals surface area (Å²) in [5, 5.41) is 7.22. The Morgan fingerprint density at radius 3 is 2.67 bits per heavy atom. The number of rotatable bonds is 9. The molecule has 0 saturated carbocycles. The van der Waals surface area contributed by atoms with E-state index in [0.29, 0.717) is 30.0 Å². The lowest BCUT2D eigenvalue weighted by Crippen LogP contribution is -2.30. The number of ether oxygens (including phenoxy) is 2. The average molecular weight is 540 g/mol. The van der Waals surface area contributed by atoms with Gasteiger partial charge in [-0.25, -0.2) is 13.2 Å². The van der Waals surface area contributed by atoms with Gasteiger partial charge in [0.05, 0.1) is 62.8 Å². The molecule has 9 nitrogen and oxygen atoms in total. The van der Waals surface area contributed by atoms with Crippen molar-refractivity contribution >= 4 is 5.91 Å². The Morgan fingerprint density at radius 1 is 1.13 bits per heavy atom. The highest BCUT2D eigenvalue weighted by molar-refractivity contribution is 5.95. The number of hydrogen-bond donors (Lipinski definition) is 1. The van der Waals surface area contributed by atoms with E-state index in [2.05, 4.69) is 15.4 Å². The van der Waals surface area contributed by atoms with Crippen molar-refractivity contribution in [1.82, 2.24) is 24.6 Å². The Morgan fingerprint density at radius 2 is 1.95 bits per heavy atom. The standard InChI is InChI=1S/C27H24F3N5O4/c1-38-23-6-7-31-22(25(23)30)9-32-27(37)20-13-35(33-26(20)18-14-39-15-18)10-16-2-3-17(21(29)8-16)11-34-12-19(28)4-5-24(34)36/h2-8,12-13,18H,9-11,14-15H2,1H3,(H,32,37). The predicted octanol–water partition coefficient (Wildman–Crippen LogP) is 3.01. The van der Waals surface area contributed by atoms with Crippen LogP contribution in [-0.2, 0) is 24.4 Å². The first kappa shape index (κ1) is 26.2. The molecule has 1 saturated heterocycles. The van der Waals surface area contributed by atoms with Crippen molar-refractivity contribution in [2.45, 2.75) is 25.6 Å². The molecule has 202 valence electrons. The number of methoxy groups -OCH3 is 1. The van der Waals surface area contributed by atoms with Crippen molar-refractivity contribution in [2.24, 2.45) is 0 Å². The summed E-state index contributed by atoms with van der Waals surface area (Å²) in [6, 6.07) is 8.03. The van der Waals surface area contributed by atoms with Crippen molar-refractivity contribution < 1.29 is 27.4 Å². The van der Waals surface area contributed by atoms with E-state index in [1.807, 2.05) is 0 Å². The van der Waals surface area contributed by atoms with E-state index in [9.17, 15) is 22.8 Å². The largest absolute Gasteiger partial charge is 0.494 e. The Hall–Kier alpha value is -4.45. The summed E-state index contributed by atoms with van der Waals surface area (Å²) in [5.41, 5.74) is 1.20. The van der Waals surface area contributed by atoms with Crippen molar-refractivity contribution in [3.63, 3.8) is 0 Å². The minimum Gasteiger partial charge on any atom is -0.494 e. The van der Waals surface area contributed by atoms with E-state index >= 15 is 0 Å². The van der Waals surface area contributed by atoms with Crippen LogP contribution in [0, 0.1) is 17.5 Å². The zero-order valence-electron chi connectivity index (χ0n) is 20.9. The number of aromatic nitrogens is 4. The molecule has 1 amide bonds. The quantitative estimate of drug-likeness (QED) is 0.351. The van der Waals surface area contributed by atoms with Crippen LogP contribution in [0.15, 0.2) is 59.8 Å². The van der Waals surface area contributed by atoms with Crippen LogP contribution in [0.25, 0.3) is 0 Å². The zero-order valence-corrected chi connectivity index (χ0v) is 20.9. The van der Waals surface area contributed by atoms with E-state index in [4.69, 9.17) is 9.47 Å². The Labute approximate surface area is 220 Å². The van der Waals surface area contributed by atoms with Gasteiger partial charge in [-0.1, -0.05) is 12.1 Å². The van der Waals surface area contributed by atoms with Crippen LogP contribution in [0.4, 0.5) is 13.2 Å². The Bertz CT molecular complexity index is 1580. The van der Waals surface area contributed by atoms with Crippen LogP contribution in [0.1, 0.15) is 38.8 Å². The van der Waals surface area contributed by atoms with Gasteiger partial charge < -0.3 is 19.4 Å². The van der Waals surface area contributed by atoms with E-state index in [0.717, 1.165) is 22.9 Å². The van der Waals surface area contributed by atoms with Crippen molar-refractivity contribution in [3.8, 4) is 5.75 Å². The Kier molecular flexibility index (Phi) is 7.46. The van der Waals surface area contributed by atoms with Gasteiger partial charge in [0.15, 0.2) is 11.6 Å². The first-order valence-corrected chi connectivity index (χ1v) is 12.1. The van der Waals surface area contributed by atoms with Gasteiger partial charge in [-0.2, -0.15) is 5.10 Å². The van der Waals surface area contributed by atoms with E-state index in [-0.39, 0.29) is 42.6 Å². The summed E-state index contributed by atoms with van der Waals surface area (Å²) in [7, 11) is 1.34. The monoisotopic (exact) mass is 539 g/mol. The fourth-order valence-electron chi connectivity index (χ4n) is 4.21. The SMILES string of the molecule is COc1ccnc(CNC(=O)c2cn(Cc3ccc(Cn4cc(F)ccc4=O)c(F)c3)nc2C2COC2)c1F. The van der Waals surface area contributed by atoms with Gasteiger partial charge in [-0.15, -0.1) is 0 Å². The molecular formula is C27H24F3N5O4. The lowest BCUT2D eigenvalue weighted by molar-refractivity contribution is 0.00620. The van der Waals surface area contributed by atoms with E-state index in [1.165, 1.54) is 36.2 Å². The predicted molar refractivity (Wildman–Crippen MR) is 133 cm³/mol. The Balaban J connectivity index is 1.32. The lowest BCUT2D eigenvalue weighted by atomic mass is 10.00. The molecule has 4 heterocycles. The molecule has 4 aromatic rings. The number of pyridine rings is 2. The number of hydrogen-bond acceptors (Lipinski definition) is 6. The minimum absolute atomic E-state index is 0.0237. The molecule has 3 aromatic heterocycles. The maximum absolute atomic E-state index is 14.9. The second-order valence-corrected chi connectivity index (χ2v) is 9.06. The van der Waals surface area contributed by atoms with Crippen LogP contribution in [0.5, 0.6) is 5.75 Å². The highest BCUT2D eigenvalue weighted by Crippen LogP contribution is 2.26. The number of nitrogens with zero attached hydrogens (tertiary/aromatic N) is 4. The summed E-state index contributed by atoms with van der Waals surface area (Å²) >= 11 is 0. The molecule has 1 aliphatic heterocycles. The van der Waals surface area contributed by atoms with E-state index in [1.54, 1.807) is 12.3 Å². The number of nitrogens with one attached hydrogen (secondary N) is 1. The van der Waals surface area contributed by atoms with Crippen LogP contribution < -0.4 is 15.6 Å². The van der Waals surface area contributed by atoms with Gasteiger partial charge in [0.2, 0.25) is 0 Å². The van der Waals surface area contributed by atoms with Crippen molar-refractivity contribution in [2.75, 3.05) is 20.3 Å². The molecule has 1 fully saturated rings. The van der Waals surface area contributed by atoms with Crippen LogP contribution >= 0.6 is 0 Å². The average Bonchev–Trinajstić information content (AvgIpc) is 3.28. The molecular weight excluding hydrogens is 515 g/mol. The molecule has 1 N–H and O–H groups in total. The first-order valence-electron chi connectivity index (χ1n) is 12.1. The first-order chi connectivity index (χ1) is 18.8. The number of benzene rings is 1. The van der Waals surface area contributed by atoms with Gasteiger partial charge in [0.1, 0.15) is 11.6 Å². The zero-order chi connectivity index (χ0) is 27.5. The molecule has 0 atom stereocenters. The third-order valence-corrected chi connectivity index (χ3v) is 6.37. The summed E-state index contributed by atoms with van der Waals surface area (Å²) < 4.78 is 55.6. The second-order valence-electron chi connectivity index (χ2n) is 9.06. The smallest absolute Gasteiger partial charge is 0.255 e. The number of amides is 1. The third kappa shape index (κ3) is 5.70. The molecule has 0 radical (unpaired) electrons. The third-order valence-electron chi connectivity index (χ3n) is 6.37. The van der Waals surface area contributed by atoms with Gasteiger partial charge in [0.25, 0.3) is 11.5 Å². The van der Waals surface area contributed by atoms with Crippen LogP contribution in [0.3, 0.4) is 0 Å². The molecule has 0 unspecified atom stereocenters.